The van der Waals surface area contributed by atoms with Crippen LogP contribution in [0.5, 0.6) is 11.5 Å². The summed E-state index contributed by atoms with van der Waals surface area (Å²) in [7, 11) is 3.31. The summed E-state index contributed by atoms with van der Waals surface area (Å²) >= 11 is 5.84. The SMILES string of the molecule is COc1ccc(CN(CCN2CCOCC2)C(=S)NC(C)c2ccccc2)cc1OC. The molecule has 2 aromatic rings. The van der Waals surface area contributed by atoms with Crippen molar-refractivity contribution in [2.45, 2.75) is 19.5 Å². The quantitative estimate of drug-likeness (QED) is 0.596. The third-order valence-electron chi connectivity index (χ3n) is 5.54. The van der Waals surface area contributed by atoms with Gasteiger partial charge in [-0.3, -0.25) is 4.90 Å². The van der Waals surface area contributed by atoms with Crippen LogP contribution in [0.4, 0.5) is 0 Å². The van der Waals surface area contributed by atoms with E-state index in [4.69, 9.17) is 26.4 Å². The summed E-state index contributed by atoms with van der Waals surface area (Å²) in [5.74, 6) is 1.45. The van der Waals surface area contributed by atoms with Crippen molar-refractivity contribution in [2.24, 2.45) is 0 Å². The molecule has 31 heavy (non-hydrogen) atoms. The molecular formula is C24H33N3O3S. The Kier molecular flexibility index (Phi) is 8.94. The van der Waals surface area contributed by atoms with Gasteiger partial charge in [0.05, 0.1) is 33.5 Å². The van der Waals surface area contributed by atoms with E-state index < -0.39 is 0 Å². The van der Waals surface area contributed by atoms with Crippen molar-refractivity contribution in [3.05, 3.63) is 59.7 Å². The van der Waals surface area contributed by atoms with Gasteiger partial charge in [-0.25, -0.2) is 0 Å². The maximum absolute atomic E-state index is 5.84. The van der Waals surface area contributed by atoms with Gasteiger partial charge in [0.25, 0.3) is 0 Å². The van der Waals surface area contributed by atoms with Crippen LogP contribution in [0.3, 0.4) is 0 Å². The zero-order valence-corrected chi connectivity index (χ0v) is 19.5. The number of benzene rings is 2. The lowest BCUT2D eigenvalue weighted by Gasteiger charge is -2.32. The topological polar surface area (TPSA) is 46.2 Å². The molecule has 1 aliphatic rings. The van der Waals surface area contributed by atoms with Crippen molar-refractivity contribution in [2.75, 3.05) is 53.6 Å². The smallest absolute Gasteiger partial charge is 0.169 e. The highest BCUT2D eigenvalue weighted by Gasteiger charge is 2.17. The molecule has 2 aromatic carbocycles. The molecule has 0 saturated carbocycles. The molecule has 0 aromatic heterocycles. The monoisotopic (exact) mass is 443 g/mol. The van der Waals surface area contributed by atoms with Crippen molar-refractivity contribution in [3.63, 3.8) is 0 Å². The summed E-state index contributed by atoms with van der Waals surface area (Å²) < 4.78 is 16.3. The highest BCUT2D eigenvalue weighted by molar-refractivity contribution is 7.80. The van der Waals surface area contributed by atoms with E-state index in [0.29, 0.717) is 6.54 Å². The van der Waals surface area contributed by atoms with E-state index in [1.807, 2.05) is 18.2 Å². The summed E-state index contributed by atoms with van der Waals surface area (Å²) in [4.78, 5) is 4.65. The van der Waals surface area contributed by atoms with Crippen LogP contribution in [0, 0.1) is 0 Å². The van der Waals surface area contributed by atoms with Gasteiger partial charge in [-0.15, -0.1) is 0 Å². The highest BCUT2D eigenvalue weighted by Crippen LogP contribution is 2.28. The molecule has 1 unspecified atom stereocenters. The fourth-order valence-corrected chi connectivity index (χ4v) is 3.97. The van der Waals surface area contributed by atoms with Gasteiger partial charge in [0.2, 0.25) is 0 Å². The van der Waals surface area contributed by atoms with Gasteiger partial charge in [0.1, 0.15) is 0 Å². The molecule has 0 bridgehead atoms. The van der Waals surface area contributed by atoms with Crippen LogP contribution in [0.1, 0.15) is 24.1 Å². The molecule has 0 aliphatic carbocycles. The van der Waals surface area contributed by atoms with E-state index in [2.05, 4.69) is 52.4 Å². The first-order valence-corrected chi connectivity index (χ1v) is 11.1. The molecule has 1 N–H and O–H groups in total. The van der Waals surface area contributed by atoms with E-state index >= 15 is 0 Å². The molecule has 1 aliphatic heterocycles. The third-order valence-corrected chi connectivity index (χ3v) is 5.91. The first kappa shape index (κ1) is 23.3. The molecule has 1 atom stereocenters. The predicted octanol–water partition coefficient (Wildman–Crippen LogP) is 3.47. The van der Waals surface area contributed by atoms with Crippen LogP contribution in [-0.4, -0.2) is 68.5 Å². The molecule has 0 amide bonds. The molecular weight excluding hydrogens is 410 g/mol. The lowest BCUT2D eigenvalue weighted by molar-refractivity contribution is 0.0357. The summed E-state index contributed by atoms with van der Waals surface area (Å²) in [6, 6.07) is 16.5. The Morgan fingerprint density at radius 2 is 1.81 bits per heavy atom. The van der Waals surface area contributed by atoms with Crippen LogP contribution in [-0.2, 0) is 11.3 Å². The Morgan fingerprint density at radius 1 is 1.10 bits per heavy atom. The van der Waals surface area contributed by atoms with Crippen LogP contribution >= 0.6 is 12.2 Å². The number of rotatable bonds is 9. The molecule has 168 valence electrons. The Hall–Kier alpha value is -2.35. The molecule has 1 saturated heterocycles. The number of hydrogen-bond acceptors (Lipinski definition) is 5. The average Bonchev–Trinajstić information content (AvgIpc) is 2.82. The zero-order chi connectivity index (χ0) is 22.1. The average molecular weight is 444 g/mol. The van der Waals surface area contributed by atoms with Crippen molar-refractivity contribution in [1.29, 1.82) is 0 Å². The van der Waals surface area contributed by atoms with Gasteiger partial charge in [-0.2, -0.15) is 0 Å². The number of thiocarbonyl (C=S) groups is 1. The molecule has 1 fully saturated rings. The highest BCUT2D eigenvalue weighted by atomic mass is 32.1. The van der Waals surface area contributed by atoms with Gasteiger partial charge < -0.3 is 24.4 Å². The van der Waals surface area contributed by atoms with Crippen molar-refractivity contribution >= 4 is 17.3 Å². The van der Waals surface area contributed by atoms with Gasteiger partial charge in [-0.1, -0.05) is 36.4 Å². The molecule has 7 heteroatoms. The maximum atomic E-state index is 5.84. The fourth-order valence-electron chi connectivity index (χ4n) is 3.64. The number of hydrogen-bond donors (Lipinski definition) is 1. The number of nitrogens with zero attached hydrogens (tertiary/aromatic N) is 2. The first-order chi connectivity index (χ1) is 15.1. The Balaban J connectivity index is 1.71. The Labute approximate surface area is 191 Å². The van der Waals surface area contributed by atoms with Crippen LogP contribution in [0.25, 0.3) is 0 Å². The Morgan fingerprint density at radius 3 is 2.48 bits per heavy atom. The first-order valence-electron chi connectivity index (χ1n) is 10.7. The van der Waals surface area contributed by atoms with Gasteiger partial charge in [0.15, 0.2) is 16.6 Å². The lowest BCUT2D eigenvalue weighted by Crippen LogP contribution is -2.46. The van der Waals surface area contributed by atoms with Gasteiger partial charge >= 0.3 is 0 Å². The van der Waals surface area contributed by atoms with Crippen LogP contribution in [0.15, 0.2) is 48.5 Å². The summed E-state index contributed by atoms with van der Waals surface area (Å²) in [6.07, 6.45) is 0. The van der Waals surface area contributed by atoms with Crippen molar-refractivity contribution in [1.82, 2.24) is 15.1 Å². The summed E-state index contributed by atoms with van der Waals surface area (Å²) in [5, 5.41) is 4.26. The second-order valence-electron chi connectivity index (χ2n) is 7.65. The van der Waals surface area contributed by atoms with Crippen LogP contribution < -0.4 is 14.8 Å². The largest absolute Gasteiger partial charge is 0.493 e. The predicted molar refractivity (Wildman–Crippen MR) is 128 cm³/mol. The Bertz CT molecular complexity index is 828. The normalized spacial score (nSPS) is 15.2. The van der Waals surface area contributed by atoms with E-state index in [1.54, 1.807) is 14.2 Å². The van der Waals surface area contributed by atoms with Crippen molar-refractivity contribution in [3.8, 4) is 11.5 Å². The minimum Gasteiger partial charge on any atom is -0.493 e. The molecule has 3 rings (SSSR count). The minimum atomic E-state index is 0.130. The van der Waals surface area contributed by atoms with Gasteiger partial charge in [-0.05, 0) is 42.4 Å². The summed E-state index contributed by atoms with van der Waals surface area (Å²) in [5.41, 5.74) is 2.33. The number of nitrogens with one attached hydrogen (secondary N) is 1. The zero-order valence-electron chi connectivity index (χ0n) is 18.7. The van der Waals surface area contributed by atoms with E-state index in [9.17, 15) is 0 Å². The number of ether oxygens (including phenoxy) is 3. The second kappa shape index (κ2) is 11.9. The van der Waals surface area contributed by atoms with E-state index in [1.165, 1.54) is 5.56 Å². The number of morpholine rings is 1. The van der Waals surface area contributed by atoms with Crippen molar-refractivity contribution < 1.29 is 14.2 Å². The third kappa shape index (κ3) is 6.82. The molecule has 1 heterocycles. The minimum absolute atomic E-state index is 0.130. The fraction of sp³-hybridized carbons (Fsp3) is 0.458. The van der Waals surface area contributed by atoms with Crippen LogP contribution in [0.2, 0.25) is 0 Å². The maximum Gasteiger partial charge on any atom is 0.169 e. The molecule has 0 spiro atoms. The molecule has 6 nitrogen and oxygen atoms in total. The second-order valence-corrected chi connectivity index (χ2v) is 8.03. The lowest BCUT2D eigenvalue weighted by atomic mass is 10.1. The summed E-state index contributed by atoms with van der Waals surface area (Å²) in [6.45, 7) is 8.12. The number of methoxy groups -OCH3 is 2. The van der Waals surface area contributed by atoms with E-state index in [0.717, 1.165) is 61.6 Å². The van der Waals surface area contributed by atoms with Gasteiger partial charge in [0, 0.05) is 32.7 Å². The standard InChI is InChI=1S/C24H33N3O3S/c1-19(21-7-5-4-6-8-21)25-24(31)27(12-11-26-13-15-30-16-14-26)18-20-9-10-22(28-2)23(17-20)29-3/h4-10,17,19H,11-16,18H2,1-3H3,(H,25,31). The van der Waals surface area contributed by atoms with E-state index in [-0.39, 0.29) is 6.04 Å². The molecule has 0 radical (unpaired) electrons.